The molecular formula is C49H76O16. The summed E-state index contributed by atoms with van der Waals surface area (Å²) in [5.41, 5.74) is 0.115. The van der Waals surface area contributed by atoms with E-state index in [0.29, 0.717) is 42.8 Å². The summed E-state index contributed by atoms with van der Waals surface area (Å²) in [5, 5.41) is 23.3. The Hall–Kier alpha value is -1.61. The molecule has 4 saturated heterocycles. The number of hydrogen-bond acceptors (Lipinski definition) is 16. The van der Waals surface area contributed by atoms with E-state index in [1.807, 2.05) is 27.7 Å². The zero-order valence-corrected chi connectivity index (χ0v) is 40.1. The summed E-state index contributed by atoms with van der Waals surface area (Å²) < 4.78 is 67.8. The van der Waals surface area contributed by atoms with Gasteiger partial charge in [0.2, 0.25) is 12.1 Å². The average molecular weight is 921 g/mol. The molecule has 0 amide bonds. The van der Waals surface area contributed by atoms with Gasteiger partial charge in [0.15, 0.2) is 18.3 Å². The lowest BCUT2D eigenvalue weighted by Gasteiger charge is -2.59. The highest BCUT2D eigenvalue weighted by Gasteiger charge is 2.66. The van der Waals surface area contributed by atoms with Crippen molar-refractivity contribution in [3.05, 3.63) is 23.5 Å². The predicted molar refractivity (Wildman–Crippen MR) is 230 cm³/mol. The van der Waals surface area contributed by atoms with Gasteiger partial charge in [-0.1, -0.05) is 25.5 Å². The van der Waals surface area contributed by atoms with E-state index in [1.165, 1.54) is 12.7 Å². The molecule has 9 rings (SSSR count). The number of carbonyl (C=O) groups is 1. The van der Waals surface area contributed by atoms with Crippen molar-refractivity contribution in [3.8, 4) is 0 Å². The molecule has 16 nitrogen and oxygen atoms in total. The molecule has 9 aliphatic rings. The molecule has 0 aromatic carbocycles. The van der Waals surface area contributed by atoms with Gasteiger partial charge in [-0.2, -0.15) is 4.89 Å². The smallest absolute Gasteiger partial charge is 0.252 e. The molecular weight excluding hydrogens is 845 g/mol. The second-order valence-electron chi connectivity index (χ2n) is 21.3. The molecule has 0 radical (unpaired) electrons. The zero-order chi connectivity index (χ0) is 46.2. The van der Waals surface area contributed by atoms with Crippen molar-refractivity contribution in [2.45, 2.75) is 223 Å². The van der Waals surface area contributed by atoms with Gasteiger partial charge in [0.1, 0.15) is 24.9 Å². The Morgan fingerprint density at radius 3 is 2.37 bits per heavy atom. The lowest BCUT2D eigenvalue weighted by molar-refractivity contribution is -0.472. The fraction of sp³-hybridized carbons (Fsp3) is 0.898. The summed E-state index contributed by atoms with van der Waals surface area (Å²) >= 11 is 0. The minimum absolute atomic E-state index is 0.0455. The summed E-state index contributed by atoms with van der Waals surface area (Å²) in [5.74, 6) is 0.107. The number of Topliss-reactive ketones (excluding diaryl/α,β-unsaturated/α-hetero) is 1. The highest BCUT2D eigenvalue weighted by molar-refractivity contribution is 5.96. The molecule has 22 atom stereocenters. The Kier molecular flexibility index (Phi) is 13.9. The highest BCUT2D eigenvalue weighted by atomic mass is 17.2. The molecule has 368 valence electrons. The molecule has 2 N–H and O–H groups in total. The van der Waals surface area contributed by atoms with Crippen molar-refractivity contribution < 1.29 is 76.9 Å². The van der Waals surface area contributed by atoms with Gasteiger partial charge in [0, 0.05) is 38.9 Å². The Morgan fingerprint density at radius 2 is 1.62 bits per heavy atom. The van der Waals surface area contributed by atoms with E-state index in [-0.39, 0.29) is 41.8 Å². The molecule has 0 bridgehead atoms. The van der Waals surface area contributed by atoms with Gasteiger partial charge >= 0.3 is 0 Å². The van der Waals surface area contributed by atoms with Crippen molar-refractivity contribution in [1.82, 2.24) is 0 Å². The number of hydrogen-bond donors (Lipinski definition) is 2. The summed E-state index contributed by atoms with van der Waals surface area (Å²) in [4.78, 5) is 25.2. The molecule has 0 aromatic rings. The fourth-order valence-corrected chi connectivity index (χ4v) is 14.0. The van der Waals surface area contributed by atoms with E-state index in [9.17, 15) is 15.0 Å². The minimum Gasteiger partial charge on any atom is -0.493 e. The number of ether oxygens (including phenoxy) is 11. The van der Waals surface area contributed by atoms with E-state index in [4.69, 9.17) is 61.9 Å². The number of methoxy groups -OCH3 is 3. The SMILES string of the molecule is COC1=C[C@@H](C)O[C@@H](O[C@H]2CC[C@@]3(C)C(=CC[C@@H]4[C@@H]3CC[C@@]3(C)[C@H]4CC[C@]3(O)[C@H](C)O[C@H]3C[C@H]4OC[C@]5(C[C@@H](OC)[C@H](O[C@H]6C[C@H](OC)[C@H](O)[C@@H](C)O6)[C@@H](C)O5)OO[C@@H]4[C@@H](C)O3)C2)C1=O. The van der Waals surface area contributed by atoms with Crippen LogP contribution >= 0.6 is 0 Å². The van der Waals surface area contributed by atoms with Crippen molar-refractivity contribution in [1.29, 1.82) is 0 Å². The van der Waals surface area contributed by atoms with Crippen LogP contribution in [0.25, 0.3) is 0 Å². The fourth-order valence-electron chi connectivity index (χ4n) is 14.0. The Balaban J connectivity index is 0.809. The largest absolute Gasteiger partial charge is 0.493 e. The molecule has 1 spiro atoms. The number of aliphatic hydroxyl groups is 2. The molecule has 4 aliphatic carbocycles. The van der Waals surface area contributed by atoms with E-state index in [0.717, 1.165) is 44.9 Å². The summed E-state index contributed by atoms with van der Waals surface area (Å²) in [6.45, 7) is 14.4. The van der Waals surface area contributed by atoms with E-state index in [1.54, 1.807) is 27.2 Å². The van der Waals surface area contributed by atoms with E-state index >= 15 is 0 Å². The molecule has 65 heavy (non-hydrogen) atoms. The zero-order valence-electron chi connectivity index (χ0n) is 40.1. The standard InChI is InChI=1S/C49H76O16/c1-25-19-35(53-8)42(51)45(57-25)61-31-13-16-46(6)30(20-31)11-12-32-33(46)14-17-47(7)34(32)15-18-49(47,52)29(5)60-39-22-37-44(27(3)59-39)64-65-48(24-56-37)23-38(55-10)43(28(4)63-48)62-40-21-36(54-9)41(50)26(2)58-40/h11,19,25-29,31-34,36-41,43-45,50,52H,12-18,20-24H2,1-10H3/t25-,26-,27-,28-,29+,31+,32-,33+,34+,36+,37-,38-,39+,40+,41-,43-,44-,45+,46+,47+,48+,49+/m1/s1. The van der Waals surface area contributed by atoms with Crippen LogP contribution in [0.3, 0.4) is 0 Å². The maximum atomic E-state index is 13.0. The topological polar surface area (TPSA) is 178 Å². The van der Waals surface area contributed by atoms with E-state index in [2.05, 4.69) is 19.9 Å². The Bertz CT molecular complexity index is 1780. The molecule has 7 fully saturated rings. The molecule has 5 aliphatic heterocycles. The maximum Gasteiger partial charge on any atom is 0.252 e. The number of allylic oxidation sites excluding steroid dienone is 1. The van der Waals surface area contributed by atoms with Crippen molar-refractivity contribution in [2.75, 3.05) is 27.9 Å². The quantitative estimate of drug-likeness (QED) is 0.205. The third kappa shape index (κ3) is 8.63. The first-order chi connectivity index (χ1) is 30.9. The van der Waals surface area contributed by atoms with Gasteiger partial charge in [-0.15, -0.1) is 0 Å². The van der Waals surface area contributed by atoms with Crippen LogP contribution in [0.4, 0.5) is 0 Å². The van der Waals surface area contributed by atoms with Crippen LogP contribution in [0, 0.1) is 28.6 Å². The van der Waals surface area contributed by atoms with Crippen LogP contribution in [-0.4, -0.2) is 147 Å². The van der Waals surface area contributed by atoms with Crippen LogP contribution in [-0.2, 0) is 66.7 Å². The summed E-state index contributed by atoms with van der Waals surface area (Å²) in [6, 6.07) is 0. The number of rotatable bonds is 10. The van der Waals surface area contributed by atoms with Crippen LogP contribution in [0.1, 0.15) is 119 Å². The molecule has 5 heterocycles. The first-order valence-electron chi connectivity index (χ1n) is 24.5. The number of aliphatic hydroxyl groups excluding tert-OH is 1. The van der Waals surface area contributed by atoms with Gasteiger partial charge in [-0.3, -0.25) is 4.79 Å². The second kappa shape index (κ2) is 18.6. The lowest BCUT2D eigenvalue weighted by Crippen LogP contribution is -2.59. The van der Waals surface area contributed by atoms with E-state index < -0.39 is 91.3 Å². The maximum absolute atomic E-state index is 13.0. The first kappa shape index (κ1) is 48.4. The number of carbonyl (C=O) groups excluding carboxylic acids is 1. The summed E-state index contributed by atoms with van der Waals surface area (Å²) in [7, 11) is 4.71. The van der Waals surface area contributed by atoms with Crippen LogP contribution in [0.5, 0.6) is 0 Å². The van der Waals surface area contributed by atoms with Crippen LogP contribution in [0.2, 0.25) is 0 Å². The number of ketones is 1. The first-order valence-corrected chi connectivity index (χ1v) is 24.5. The molecule has 0 unspecified atom stereocenters. The van der Waals surface area contributed by atoms with Gasteiger partial charge in [-0.25, -0.2) is 4.89 Å². The third-order valence-electron chi connectivity index (χ3n) is 17.8. The van der Waals surface area contributed by atoms with Gasteiger partial charge in [-0.05, 0) is 115 Å². The van der Waals surface area contributed by atoms with Crippen molar-refractivity contribution in [3.63, 3.8) is 0 Å². The monoisotopic (exact) mass is 921 g/mol. The summed E-state index contributed by atoms with van der Waals surface area (Å²) in [6.07, 6.45) is 4.87. The lowest BCUT2D eigenvalue weighted by atomic mass is 9.46. The molecule has 16 heteroatoms. The normalized spacial score (nSPS) is 51.7. The van der Waals surface area contributed by atoms with Crippen LogP contribution < -0.4 is 0 Å². The van der Waals surface area contributed by atoms with Crippen molar-refractivity contribution in [2.24, 2.45) is 28.6 Å². The van der Waals surface area contributed by atoms with Gasteiger partial charge < -0.3 is 62.3 Å². The predicted octanol–water partition coefficient (Wildman–Crippen LogP) is 5.58. The van der Waals surface area contributed by atoms with Gasteiger partial charge in [0.05, 0.1) is 67.6 Å². The third-order valence-corrected chi connectivity index (χ3v) is 17.8. The molecule has 0 aromatic heterocycles. The molecule has 3 saturated carbocycles. The number of fused-ring (bicyclic) bond motifs is 6. The Morgan fingerprint density at radius 1 is 0.862 bits per heavy atom. The highest BCUT2D eigenvalue weighted by Crippen LogP contribution is 2.68. The minimum atomic E-state index is -1.26. The second-order valence-corrected chi connectivity index (χ2v) is 21.3. The van der Waals surface area contributed by atoms with Crippen LogP contribution in [0.15, 0.2) is 23.5 Å². The Labute approximate surface area is 384 Å². The van der Waals surface area contributed by atoms with Crippen molar-refractivity contribution >= 4 is 5.78 Å². The van der Waals surface area contributed by atoms with Gasteiger partial charge in [0.25, 0.3) is 5.78 Å². The average Bonchev–Trinajstić information content (AvgIpc) is 3.44.